The summed E-state index contributed by atoms with van der Waals surface area (Å²) in [6, 6.07) is 6.92. The predicted molar refractivity (Wildman–Crippen MR) is 73.3 cm³/mol. The third kappa shape index (κ3) is 2.59. The van der Waals surface area contributed by atoms with Crippen LogP contribution in [-0.4, -0.2) is 31.1 Å². The summed E-state index contributed by atoms with van der Waals surface area (Å²) in [5.41, 5.74) is 4.17. The molecule has 1 fully saturated rings. The van der Waals surface area contributed by atoms with E-state index in [-0.39, 0.29) is 0 Å². The molecule has 17 heavy (non-hydrogen) atoms. The van der Waals surface area contributed by atoms with Crippen molar-refractivity contribution in [2.24, 2.45) is 0 Å². The normalized spacial score (nSPS) is 18.9. The van der Waals surface area contributed by atoms with Crippen molar-refractivity contribution in [3.63, 3.8) is 0 Å². The quantitative estimate of drug-likeness (QED) is 0.802. The van der Waals surface area contributed by atoms with Gasteiger partial charge in [0.05, 0.1) is 6.04 Å². The van der Waals surface area contributed by atoms with Gasteiger partial charge < -0.3 is 5.32 Å². The van der Waals surface area contributed by atoms with Crippen LogP contribution in [0.15, 0.2) is 30.9 Å². The van der Waals surface area contributed by atoms with E-state index in [0.29, 0.717) is 6.04 Å². The van der Waals surface area contributed by atoms with E-state index in [1.165, 1.54) is 16.7 Å². The van der Waals surface area contributed by atoms with Gasteiger partial charge >= 0.3 is 0 Å². The molecule has 2 heteroatoms. The Morgan fingerprint density at radius 2 is 2.00 bits per heavy atom. The summed E-state index contributed by atoms with van der Waals surface area (Å²) in [6.45, 7) is 12.8. The fraction of sp³-hybridized carbons (Fsp3) is 0.467. The number of nitrogens with zero attached hydrogens (tertiary/aromatic N) is 1. The molecule has 0 spiro atoms. The fourth-order valence-corrected chi connectivity index (χ4v) is 2.53. The van der Waals surface area contributed by atoms with E-state index < -0.39 is 0 Å². The predicted octanol–water partition coefficient (Wildman–Crippen LogP) is 2.44. The van der Waals surface area contributed by atoms with Crippen LogP contribution in [0.3, 0.4) is 0 Å². The Hall–Kier alpha value is -1.12. The summed E-state index contributed by atoms with van der Waals surface area (Å²) in [6.07, 6.45) is 2.08. The summed E-state index contributed by atoms with van der Waals surface area (Å²) < 4.78 is 0. The summed E-state index contributed by atoms with van der Waals surface area (Å²) >= 11 is 0. The molecule has 2 rings (SSSR count). The molecular weight excluding hydrogens is 208 g/mol. The second kappa shape index (κ2) is 5.48. The fourth-order valence-electron chi connectivity index (χ4n) is 2.53. The molecule has 1 aromatic rings. The second-order valence-corrected chi connectivity index (χ2v) is 4.76. The molecule has 0 aromatic heterocycles. The maximum atomic E-state index is 4.02. The lowest BCUT2D eigenvalue weighted by Crippen LogP contribution is -2.44. The van der Waals surface area contributed by atoms with Crippen LogP contribution in [0, 0.1) is 13.8 Å². The van der Waals surface area contributed by atoms with E-state index >= 15 is 0 Å². The molecule has 1 N–H and O–H groups in total. The van der Waals surface area contributed by atoms with Gasteiger partial charge in [-0.1, -0.05) is 24.3 Å². The van der Waals surface area contributed by atoms with Crippen LogP contribution in [0.2, 0.25) is 0 Å². The molecule has 0 unspecified atom stereocenters. The first-order chi connectivity index (χ1) is 8.24. The maximum absolute atomic E-state index is 4.02. The number of piperazine rings is 1. The number of aryl methyl sites for hydroxylation is 1. The van der Waals surface area contributed by atoms with Crippen LogP contribution in [-0.2, 0) is 0 Å². The molecule has 0 amide bonds. The number of nitrogens with one attached hydrogen (secondary N) is 1. The van der Waals surface area contributed by atoms with Crippen molar-refractivity contribution in [3.8, 4) is 0 Å². The molecule has 0 saturated carbocycles. The number of benzene rings is 1. The van der Waals surface area contributed by atoms with Gasteiger partial charge in [-0.2, -0.15) is 0 Å². The van der Waals surface area contributed by atoms with Gasteiger partial charge in [0.1, 0.15) is 0 Å². The van der Waals surface area contributed by atoms with Crippen molar-refractivity contribution < 1.29 is 0 Å². The SMILES string of the molecule is C=C[C@@H](c1cccc(C)c1C)N1CCNCC1. The van der Waals surface area contributed by atoms with Gasteiger partial charge in [0, 0.05) is 26.2 Å². The minimum absolute atomic E-state index is 0.358. The van der Waals surface area contributed by atoms with E-state index in [4.69, 9.17) is 0 Å². The van der Waals surface area contributed by atoms with Crippen molar-refractivity contribution in [2.45, 2.75) is 19.9 Å². The van der Waals surface area contributed by atoms with Gasteiger partial charge in [0.2, 0.25) is 0 Å². The van der Waals surface area contributed by atoms with Crippen LogP contribution in [0.5, 0.6) is 0 Å². The third-order valence-corrected chi connectivity index (χ3v) is 3.73. The first-order valence-corrected chi connectivity index (χ1v) is 6.37. The maximum Gasteiger partial charge on any atom is 0.0532 e. The third-order valence-electron chi connectivity index (χ3n) is 3.73. The van der Waals surface area contributed by atoms with E-state index in [0.717, 1.165) is 26.2 Å². The molecule has 0 radical (unpaired) electrons. The molecular formula is C15H22N2. The zero-order valence-electron chi connectivity index (χ0n) is 10.9. The zero-order valence-corrected chi connectivity index (χ0v) is 10.9. The van der Waals surface area contributed by atoms with Crippen molar-refractivity contribution in [1.29, 1.82) is 0 Å². The Morgan fingerprint density at radius 3 is 2.65 bits per heavy atom. The van der Waals surface area contributed by atoms with Crippen molar-refractivity contribution >= 4 is 0 Å². The van der Waals surface area contributed by atoms with E-state index in [2.05, 4.69) is 54.9 Å². The van der Waals surface area contributed by atoms with Gasteiger partial charge in [-0.05, 0) is 30.5 Å². The average Bonchev–Trinajstić information content (AvgIpc) is 2.37. The number of hydrogen-bond acceptors (Lipinski definition) is 2. The number of rotatable bonds is 3. The summed E-state index contributed by atoms with van der Waals surface area (Å²) in [7, 11) is 0. The van der Waals surface area contributed by atoms with Crippen LogP contribution < -0.4 is 5.32 Å². The van der Waals surface area contributed by atoms with Crippen LogP contribution in [0.1, 0.15) is 22.7 Å². The highest BCUT2D eigenvalue weighted by molar-refractivity contribution is 5.37. The Balaban J connectivity index is 2.27. The van der Waals surface area contributed by atoms with Gasteiger partial charge in [0.15, 0.2) is 0 Å². The Kier molecular flexibility index (Phi) is 3.97. The molecule has 2 nitrogen and oxygen atoms in total. The van der Waals surface area contributed by atoms with Crippen LogP contribution in [0.4, 0.5) is 0 Å². The van der Waals surface area contributed by atoms with E-state index in [9.17, 15) is 0 Å². The Labute approximate surface area is 104 Å². The Bertz CT molecular complexity index is 392. The monoisotopic (exact) mass is 230 g/mol. The molecule has 1 heterocycles. The molecule has 1 aromatic carbocycles. The minimum Gasteiger partial charge on any atom is -0.314 e. The van der Waals surface area contributed by atoms with Gasteiger partial charge in [-0.3, -0.25) is 4.90 Å². The largest absolute Gasteiger partial charge is 0.314 e. The van der Waals surface area contributed by atoms with Gasteiger partial charge in [-0.25, -0.2) is 0 Å². The highest BCUT2D eigenvalue weighted by atomic mass is 15.2. The summed E-state index contributed by atoms with van der Waals surface area (Å²) in [5, 5.41) is 3.40. The Morgan fingerprint density at radius 1 is 1.29 bits per heavy atom. The standard InChI is InChI=1S/C15H22N2/c1-4-15(17-10-8-16-9-11-17)14-7-5-6-12(2)13(14)3/h4-7,15-16H,1,8-11H2,2-3H3/t15-/m0/s1. The van der Waals surface area contributed by atoms with Crippen molar-refractivity contribution in [3.05, 3.63) is 47.5 Å². The molecule has 92 valence electrons. The van der Waals surface area contributed by atoms with Crippen molar-refractivity contribution in [1.82, 2.24) is 10.2 Å². The second-order valence-electron chi connectivity index (χ2n) is 4.76. The zero-order chi connectivity index (χ0) is 12.3. The van der Waals surface area contributed by atoms with Crippen LogP contribution >= 0.6 is 0 Å². The molecule has 1 atom stereocenters. The first kappa shape index (κ1) is 12.3. The minimum atomic E-state index is 0.358. The lowest BCUT2D eigenvalue weighted by atomic mass is 9.96. The van der Waals surface area contributed by atoms with Crippen molar-refractivity contribution in [2.75, 3.05) is 26.2 Å². The smallest absolute Gasteiger partial charge is 0.0532 e. The lowest BCUT2D eigenvalue weighted by Gasteiger charge is -2.34. The topological polar surface area (TPSA) is 15.3 Å². The molecule has 1 aliphatic heterocycles. The summed E-state index contributed by atoms with van der Waals surface area (Å²) in [5.74, 6) is 0. The molecule has 1 aliphatic rings. The first-order valence-electron chi connectivity index (χ1n) is 6.37. The molecule has 0 bridgehead atoms. The molecule has 1 saturated heterocycles. The van der Waals surface area contributed by atoms with Gasteiger partial charge in [0.25, 0.3) is 0 Å². The lowest BCUT2D eigenvalue weighted by molar-refractivity contribution is 0.203. The highest BCUT2D eigenvalue weighted by Gasteiger charge is 2.20. The number of hydrogen-bond donors (Lipinski definition) is 1. The summed E-state index contributed by atoms with van der Waals surface area (Å²) in [4.78, 5) is 2.51. The van der Waals surface area contributed by atoms with Crippen LogP contribution in [0.25, 0.3) is 0 Å². The molecule has 0 aliphatic carbocycles. The average molecular weight is 230 g/mol. The highest BCUT2D eigenvalue weighted by Crippen LogP contribution is 2.26. The van der Waals surface area contributed by atoms with E-state index in [1.54, 1.807) is 0 Å². The van der Waals surface area contributed by atoms with Gasteiger partial charge in [-0.15, -0.1) is 6.58 Å². The van der Waals surface area contributed by atoms with E-state index in [1.807, 2.05) is 0 Å².